The van der Waals surface area contributed by atoms with E-state index in [-0.39, 0.29) is 0 Å². The fourth-order valence-electron chi connectivity index (χ4n) is 3.07. The van der Waals surface area contributed by atoms with Crippen molar-refractivity contribution in [3.63, 3.8) is 0 Å². The molecule has 2 N–H and O–H groups in total. The Morgan fingerprint density at radius 2 is 1.87 bits per heavy atom. The summed E-state index contributed by atoms with van der Waals surface area (Å²) in [5, 5.41) is 6.88. The number of hydrogen-bond acceptors (Lipinski definition) is 2. The fraction of sp³-hybridized carbons (Fsp3) is 0.632. The first kappa shape index (κ1) is 17.8. The van der Waals surface area contributed by atoms with E-state index in [0.717, 1.165) is 31.5 Å². The zero-order chi connectivity index (χ0) is 16.3. The molecule has 4 heteroatoms. The zero-order valence-corrected chi connectivity index (χ0v) is 14.7. The zero-order valence-electron chi connectivity index (χ0n) is 14.7. The average Bonchev–Trinajstić information content (AvgIpc) is 2.60. The Kier molecular flexibility index (Phi) is 7.95. The third kappa shape index (κ3) is 6.61. The van der Waals surface area contributed by atoms with Gasteiger partial charge in [0.15, 0.2) is 5.96 Å². The Labute approximate surface area is 141 Å². The highest BCUT2D eigenvalue weighted by atomic mass is 15.2. The quantitative estimate of drug-likeness (QED) is 0.600. The summed E-state index contributed by atoms with van der Waals surface area (Å²) in [4.78, 5) is 7.28. The van der Waals surface area contributed by atoms with Crippen molar-refractivity contribution >= 4 is 5.96 Å². The predicted octanol–water partition coefficient (Wildman–Crippen LogP) is 2.86. The smallest absolute Gasteiger partial charge is 0.191 e. The van der Waals surface area contributed by atoms with E-state index in [1.807, 2.05) is 6.07 Å². The van der Waals surface area contributed by atoms with Gasteiger partial charge >= 0.3 is 0 Å². The molecule has 4 nitrogen and oxygen atoms in total. The molecule has 0 unspecified atom stereocenters. The number of rotatable bonds is 7. The minimum atomic E-state index is 0.727. The summed E-state index contributed by atoms with van der Waals surface area (Å²) in [6.45, 7) is 10.8. The Morgan fingerprint density at radius 1 is 1.13 bits per heavy atom. The minimum absolute atomic E-state index is 0.727. The van der Waals surface area contributed by atoms with E-state index < -0.39 is 0 Å². The monoisotopic (exact) mass is 316 g/mol. The van der Waals surface area contributed by atoms with Crippen molar-refractivity contribution in [1.29, 1.82) is 0 Å². The summed E-state index contributed by atoms with van der Waals surface area (Å²) in [6, 6.07) is 10.4. The molecule has 1 aliphatic heterocycles. The second-order valence-corrected chi connectivity index (χ2v) is 6.35. The highest BCUT2D eigenvalue weighted by molar-refractivity contribution is 5.79. The number of nitrogens with one attached hydrogen (secondary N) is 2. The summed E-state index contributed by atoms with van der Waals surface area (Å²) in [7, 11) is 0. The Balaban J connectivity index is 1.76. The average molecular weight is 316 g/mol. The first-order chi connectivity index (χ1) is 11.3. The standard InChI is InChI=1S/C19H32N4/c1-3-12-23-13-10-18(11-14-23)16-22-19(20-4-2)21-15-17-8-6-5-7-9-17/h5-9,18H,3-4,10-16H2,1-2H3,(H2,20,21,22). The molecule has 1 saturated heterocycles. The summed E-state index contributed by atoms with van der Waals surface area (Å²) >= 11 is 0. The van der Waals surface area contributed by atoms with Crippen LogP contribution in [0.2, 0.25) is 0 Å². The largest absolute Gasteiger partial charge is 0.357 e. The van der Waals surface area contributed by atoms with Crippen LogP contribution in [0.1, 0.15) is 38.7 Å². The van der Waals surface area contributed by atoms with Gasteiger partial charge in [-0.05, 0) is 57.3 Å². The molecule has 128 valence electrons. The van der Waals surface area contributed by atoms with E-state index in [2.05, 4.69) is 53.6 Å². The number of aliphatic imine (C=N–C) groups is 1. The normalized spacial score (nSPS) is 17.2. The first-order valence-corrected chi connectivity index (χ1v) is 9.10. The van der Waals surface area contributed by atoms with Gasteiger partial charge < -0.3 is 15.5 Å². The Hall–Kier alpha value is -1.55. The van der Waals surface area contributed by atoms with Gasteiger partial charge in [-0.2, -0.15) is 0 Å². The van der Waals surface area contributed by atoms with E-state index in [1.54, 1.807) is 0 Å². The van der Waals surface area contributed by atoms with Gasteiger partial charge in [0, 0.05) is 13.1 Å². The highest BCUT2D eigenvalue weighted by Crippen LogP contribution is 2.16. The Morgan fingerprint density at radius 3 is 2.52 bits per heavy atom. The molecular formula is C19H32N4. The second kappa shape index (κ2) is 10.3. The molecule has 0 bridgehead atoms. The number of piperidine rings is 1. The van der Waals surface area contributed by atoms with Crippen LogP contribution in [-0.2, 0) is 6.54 Å². The molecular weight excluding hydrogens is 284 g/mol. The van der Waals surface area contributed by atoms with Crippen LogP contribution in [0.15, 0.2) is 35.3 Å². The van der Waals surface area contributed by atoms with Gasteiger partial charge in [-0.15, -0.1) is 0 Å². The molecule has 1 aromatic carbocycles. The molecule has 0 atom stereocenters. The van der Waals surface area contributed by atoms with Crippen LogP contribution < -0.4 is 10.6 Å². The van der Waals surface area contributed by atoms with Crippen LogP contribution in [0.25, 0.3) is 0 Å². The van der Waals surface area contributed by atoms with Gasteiger partial charge in [-0.1, -0.05) is 37.3 Å². The third-order valence-corrected chi connectivity index (χ3v) is 4.41. The van der Waals surface area contributed by atoms with Crippen LogP contribution >= 0.6 is 0 Å². The molecule has 0 aromatic heterocycles. The van der Waals surface area contributed by atoms with E-state index >= 15 is 0 Å². The molecule has 0 spiro atoms. The lowest BCUT2D eigenvalue weighted by atomic mass is 9.97. The molecule has 0 radical (unpaired) electrons. The maximum atomic E-state index is 4.70. The van der Waals surface area contributed by atoms with Crippen molar-refractivity contribution in [3.05, 3.63) is 35.9 Å². The van der Waals surface area contributed by atoms with E-state index in [4.69, 9.17) is 4.99 Å². The lowest BCUT2D eigenvalue weighted by Gasteiger charge is -2.32. The van der Waals surface area contributed by atoms with Crippen molar-refractivity contribution in [1.82, 2.24) is 15.5 Å². The number of likely N-dealkylation sites (tertiary alicyclic amines) is 1. The Bertz CT molecular complexity index is 450. The molecule has 0 amide bonds. The van der Waals surface area contributed by atoms with Crippen molar-refractivity contribution in [2.75, 3.05) is 32.7 Å². The number of benzene rings is 1. The topological polar surface area (TPSA) is 39.7 Å². The molecule has 1 aliphatic rings. The maximum absolute atomic E-state index is 4.70. The van der Waals surface area contributed by atoms with Gasteiger partial charge in [0.1, 0.15) is 0 Å². The fourth-order valence-corrected chi connectivity index (χ4v) is 3.07. The van der Waals surface area contributed by atoms with Crippen LogP contribution in [0.3, 0.4) is 0 Å². The van der Waals surface area contributed by atoms with E-state index in [1.165, 1.54) is 44.5 Å². The van der Waals surface area contributed by atoms with Crippen LogP contribution in [-0.4, -0.2) is 43.6 Å². The highest BCUT2D eigenvalue weighted by Gasteiger charge is 2.18. The van der Waals surface area contributed by atoms with Gasteiger partial charge in [-0.25, -0.2) is 4.99 Å². The summed E-state index contributed by atoms with van der Waals surface area (Å²) in [6.07, 6.45) is 3.86. The summed E-state index contributed by atoms with van der Waals surface area (Å²) in [5.74, 6) is 1.70. The van der Waals surface area contributed by atoms with E-state index in [9.17, 15) is 0 Å². The van der Waals surface area contributed by atoms with Crippen LogP contribution in [0, 0.1) is 5.92 Å². The number of hydrogen-bond donors (Lipinski definition) is 2. The summed E-state index contributed by atoms with van der Waals surface area (Å²) < 4.78 is 0. The lowest BCUT2D eigenvalue weighted by molar-refractivity contribution is 0.185. The van der Waals surface area contributed by atoms with Crippen LogP contribution in [0.4, 0.5) is 0 Å². The number of nitrogens with zero attached hydrogens (tertiary/aromatic N) is 2. The second-order valence-electron chi connectivity index (χ2n) is 6.35. The number of guanidine groups is 1. The minimum Gasteiger partial charge on any atom is -0.357 e. The maximum Gasteiger partial charge on any atom is 0.191 e. The molecule has 1 aromatic rings. The molecule has 1 fully saturated rings. The van der Waals surface area contributed by atoms with Gasteiger partial charge in [0.25, 0.3) is 0 Å². The first-order valence-electron chi connectivity index (χ1n) is 9.10. The molecule has 23 heavy (non-hydrogen) atoms. The van der Waals surface area contributed by atoms with Crippen LogP contribution in [0.5, 0.6) is 0 Å². The molecule has 1 heterocycles. The predicted molar refractivity (Wildman–Crippen MR) is 98.7 cm³/mol. The SMILES string of the molecule is CCCN1CCC(CNC(=NCc2ccccc2)NCC)CC1. The van der Waals surface area contributed by atoms with Crippen molar-refractivity contribution in [3.8, 4) is 0 Å². The molecule has 0 saturated carbocycles. The van der Waals surface area contributed by atoms with Gasteiger partial charge in [0.05, 0.1) is 6.54 Å². The van der Waals surface area contributed by atoms with E-state index in [0.29, 0.717) is 0 Å². The molecule has 2 rings (SSSR count). The van der Waals surface area contributed by atoms with Crippen molar-refractivity contribution in [2.24, 2.45) is 10.9 Å². The third-order valence-electron chi connectivity index (χ3n) is 4.41. The van der Waals surface area contributed by atoms with Gasteiger partial charge in [0.2, 0.25) is 0 Å². The van der Waals surface area contributed by atoms with Gasteiger partial charge in [-0.3, -0.25) is 0 Å². The molecule has 0 aliphatic carbocycles. The lowest BCUT2D eigenvalue weighted by Crippen LogP contribution is -2.43. The van der Waals surface area contributed by atoms with Crippen molar-refractivity contribution in [2.45, 2.75) is 39.7 Å². The summed E-state index contributed by atoms with van der Waals surface area (Å²) in [5.41, 5.74) is 1.25. The van der Waals surface area contributed by atoms with Crippen molar-refractivity contribution < 1.29 is 0 Å².